The molecule has 3 heterocycles. The highest BCUT2D eigenvalue weighted by Crippen LogP contribution is 2.42. The molecule has 0 unspecified atom stereocenters. The fraction of sp³-hybridized carbons (Fsp3) is 0.409. The Hall–Kier alpha value is -2.51. The normalized spacial score (nSPS) is 26.6. The van der Waals surface area contributed by atoms with Crippen molar-refractivity contribution in [3.05, 3.63) is 52.5 Å². The molecule has 29 heavy (non-hydrogen) atoms. The Morgan fingerprint density at radius 3 is 2.55 bits per heavy atom. The molecule has 1 aliphatic heterocycles. The number of Topliss-reactive ketones (excluding diaryl/α,β-unsaturated/α-hetero) is 1. The molecule has 1 saturated carbocycles. The molecule has 2 aliphatic rings. The Morgan fingerprint density at radius 1 is 1.07 bits per heavy atom. The molecule has 1 aliphatic carbocycles. The first-order valence-electron chi connectivity index (χ1n) is 10.0. The van der Waals surface area contributed by atoms with Gasteiger partial charge in [-0.25, -0.2) is 4.98 Å². The number of carbonyl (C=O) groups is 2. The second-order valence-corrected chi connectivity index (χ2v) is 9.28. The van der Waals surface area contributed by atoms with E-state index in [0.29, 0.717) is 41.1 Å². The van der Waals surface area contributed by atoms with E-state index >= 15 is 0 Å². The van der Waals surface area contributed by atoms with Crippen LogP contribution in [0.3, 0.4) is 0 Å². The number of imidazole rings is 1. The monoisotopic (exact) mass is 409 g/mol. The van der Waals surface area contributed by atoms with Crippen molar-refractivity contribution in [3.8, 4) is 0 Å². The van der Waals surface area contributed by atoms with Crippen LogP contribution in [0.4, 0.5) is 0 Å². The smallest absolute Gasteiger partial charge is 0.263 e. The van der Waals surface area contributed by atoms with Crippen LogP contribution in [-0.2, 0) is 0 Å². The van der Waals surface area contributed by atoms with Gasteiger partial charge in [-0.05, 0) is 55.9 Å². The molecular weight excluding hydrogens is 386 g/mol. The SMILES string of the molecule is CC(=O)c1ccc(C(=O)N2C[C@H]3C[C@@H](n4cnc5ccccc54)[C@H](O)C[C@H]3C2)s1. The summed E-state index contributed by atoms with van der Waals surface area (Å²) in [6, 6.07) is 11.4. The number of aliphatic hydroxyl groups is 1. The van der Waals surface area contributed by atoms with Crippen LogP contribution in [-0.4, -0.2) is 50.4 Å². The number of rotatable bonds is 3. The Labute approximate surface area is 172 Å². The summed E-state index contributed by atoms with van der Waals surface area (Å²) in [6.07, 6.45) is 2.90. The number of aliphatic hydroxyl groups excluding tert-OH is 1. The Kier molecular flexibility index (Phi) is 4.52. The summed E-state index contributed by atoms with van der Waals surface area (Å²) in [5, 5.41) is 10.9. The highest BCUT2D eigenvalue weighted by atomic mass is 32.1. The van der Waals surface area contributed by atoms with Gasteiger partial charge in [0.15, 0.2) is 5.78 Å². The first-order valence-corrected chi connectivity index (χ1v) is 10.8. The van der Waals surface area contributed by atoms with E-state index in [9.17, 15) is 14.7 Å². The van der Waals surface area contributed by atoms with Gasteiger partial charge in [0.1, 0.15) is 0 Å². The zero-order chi connectivity index (χ0) is 20.1. The molecule has 0 spiro atoms. The number of nitrogens with zero attached hydrogens (tertiary/aromatic N) is 3. The fourth-order valence-electron chi connectivity index (χ4n) is 4.91. The largest absolute Gasteiger partial charge is 0.391 e. The number of thiophene rings is 1. The molecule has 3 aromatic rings. The molecule has 150 valence electrons. The Bertz CT molecular complexity index is 1090. The van der Waals surface area contributed by atoms with Gasteiger partial charge in [-0.15, -0.1) is 11.3 Å². The van der Waals surface area contributed by atoms with Gasteiger partial charge in [-0.2, -0.15) is 0 Å². The van der Waals surface area contributed by atoms with Crippen LogP contribution in [0.2, 0.25) is 0 Å². The standard InChI is InChI=1S/C22H23N3O3S/c1-13(26)20-6-7-21(29-20)22(28)24-10-14-8-18(19(27)9-15(14)11-24)25-12-23-16-4-2-3-5-17(16)25/h2-7,12,14-15,18-19,27H,8-11H2,1H3/t14-,15+,18-,19-/m1/s1. The van der Waals surface area contributed by atoms with Gasteiger partial charge in [0.25, 0.3) is 5.91 Å². The first kappa shape index (κ1) is 18.5. The van der Waals surface area contributed by atoms with Gasteiger partial charge in [0, 0.05) is 13.1 Å². The summed E-state index contributed by atoms with van der Waals surface area (Å²) < 4.78 is 2.10. The Balaban J connectivity index is 1.34. The summed E-state index contributed by atoms with van der Waals surface area (Å²) in [6.45, 7) is 2.89. The number of para-hydroxylation sites is 2. The summed E-state index contributed by atoms with van der Waals surface area (Å²) in [7, 11) is 0. The lowest BCUT2D eigenvalue weighted by atomic mass is 9.77. The minimum absolute atomic E-state index is 0.00368. The van der Waals surface area contributed by atoms with Crippen LogP contribution in [0.5, 0.6) is 0 Å². The van der Waals surface area contributed by atoms with Crippen molar-refractivity contribution in [2.24, 2.45) is 11.8 Å². The topological polar surface area (TPSA) is 75.4 Å². The van der Waals surface area contributed by atoms with Gasteiger partial charge in [0.2, 0.25) is 0 Å². The van der Waals surface area contributed by atoms with Crippen LogP contribution in [0.25, 0.3) is 11.0 Å². The molecule has 5 rings (SSSR count). The predicted molar refractivity (Wildman–Crippen MR) is 111 cm³/mol. The summed E-state index contributed by atoms with van der Waals surface area (Å²) in [5.74, 6) is 0.659. The van der Waals surface area contributed by atoms with E-state index in [-0.39, 0.29) is 17.7 Å². The molecule has 4 atom stereocenters. The molecule has 1 aromatic carbocycles. The highest BCUT2D eigenvalue weighted by molar-refractivity contribution is 7.15. The second-order valence-electron chi connectivity index (χ2n) is 8.20. The number of aromatic nitrogens is 2. The number of likely N-dealkylation sites (tertiary alicyclic amines) is 1. The number of amides is 1. The van der Waals surface area contributed by atoms with Crippen molar-refractivity contribution in [1.29, 1.82) is 0 Å². The number of hydrogen-bond donors (Lipinski definition) is 1. The third-order valence-corrected chi connectivity index (χ3v) is 7.57. The van der Waals surface area contributed by atoms with Crippen molar-refractivity contribution in [2.45, 2.75) is 31.9 Å². The van der Waals surface area contributed by atoms with Crippen molar-refractivity contribution >= 4 is 34.1 Å². The third kappa shape index (κ3) is 3.18. The minimum Gasteiger partial charge on any atom is -0.391 e. The minimum atomic E-state index is -0.449. The molecule has 6 nitrogen and oxygen atoms in total. The highest BCUT2D eigenvalue weighted by Gasteiger charge is 2.44. The third-order valence-electron chi connectivity index (χ3n) is 6.40. The van der Waals surface area contributed by atoms with E-state index in [1.54, 1.807) is 12.1 Å². The predicted octanol–water partition coefficient (Wildman–Crippen LogP) is 3.38. The van der Waals surface area contributed by atoms with Crippen LogP contribution in [0.15, 0.2) is 42.7 Å². The van der Waals surface area contributed by atoms with E-state index in [1.165, 1.54) is 18.3 Å². The van der Waals surface area contributed by atoms with E-state index in [2.05, 4.69) is 9.55 Å². The molecule has 1 saturated heterocycles. The summed E-state index contributed by atoms with van der Waals surface area (Å²) >= 11 is 1.27. The summed E-state index contributed by atoms with van der Waals surface area (Å²) in [4.78, 5) is 32.1. The first-order chi connectivity index (χ1) is 14.0. The van der Waals surface area contributed by atoms with Crippen LogP contribution in [0.1, 0.15) is 45.2 Å². The van der Waals surface area contributed by atoms with Crippen molar-refractivity contribution < 1.29 is 14.7 Å². The average Bonchev–Trinajstić information content (AvgIpc) is 3.44. The summed E-state index contributed by atoms with van der Waals surface area (Å²) in [5.41, 5.74) is 1.97. The number of benzene rings is 1. The number of hydrogen-bond acceptors (Lipinski definition) is 5. The lowest BCUT2D eigenvalue weighted by Gasteiger charge is -2.36. The number of ketones is 1. The molecule has 2 fully saturated rings. The second kappa shape index (κ2) is 7.07. The maximum absolute atomic E-state index is 12.9. The molecular formula is C22H23N3O3S. The van der Waals surface area contributed by atoms with E-state index in [4.69, 9.17) is 0 Å². The van der Waals surface area contributed by atoms with Crippen molar-refractivity contribution in [3.63, 3.8) is 0 Å². The molecule has 7 heteroatoms. The van der Waals surface area contributed by atoms with Gasteiger partial charge in [-0.1, -0.05) is 12.1 Å². The maximum Gasteiger partial charge on any atom is 0.263 e. The zero-order valence-electron chi connectivity index (χ0n) is 16.2. The van der Waals surface area contributed by atoms with E-state index in [0.717, 1.165) is 17.5 Å². The van der Waals surface area contributed by atoms with Gasteiger partial charge in [-0.3, -0.25) is 9.59 Å². The fourth-order valence-corrected chi connectivity index (χ4v) is 5.78. The van der Waals surface area contributed by atoms with Gasteiger partial charge < -0.3 is 14.6 Å². The van der Waals surface area contributed by atoms with Crippen LogP contribution in [0, 0.1) is 11.8 Å². The van der Waals surface area contributed by atoms with E-state index < -0.39 is 6.10 Å². The number of fused-ring (bicyclic) bond motifs is 2. The molecule has 1 amide bonds. The average molecular weight is 410 g/mol. The van der Waals surface area contributed by atoms with Gasteiger partial charge in [0.05, 0.1) is 39.3 Å². The molecule has 2 aromatic heterocycles. The molecule has 0 bridgehead atoms. The lowest BCUT2D eigenvalue weighted by Crippen LogP contribution is -2.36. The molecule has 1 N–H and O–H groups in total. The van der Waals surface area contributed by atoms with Gasteiger partial charge >= 0.3 is 0 Å². The van der Waals surface area contributed by atoms with Crippen molar-refractivity contribution in [1.82, 2.24) is 14.5 Å². The zero-order valence-corrected chi connectivity index (χ0v) is 17.0. The van der Waals surface area contributed by atoms with Crippen molar-refractivity contribution in [2.75, 3.05) is 13.1 Å². The maximum atomic E-state index is 12.9. The number of carbonyl (C=O) groups excluding carboxylic acids is 2. The quantitative estimate of drug-likeness (QED) is 0.673. The van der Waals surface area contributed by atoms with Crippen LogP contribution >= 0.6 is 11.3 Å². The molecule has 0 radical (unpaired) electrons. The van der Waals surface area contributed by atoms with E-state index in [1.807, 2.05) is 35.5 Å². The lowest BCUT2D eigenvalue weighted by molar-refractivity contribution is 0.0374. The van der Waals surface area contributed by atoms with Crippen LogP contribution < -0.4 is 0 Å². The Morgan fingerprint density at radius 2 is 1.79 bits per heavy atom.